The molecular formula is C14H26N2O2. The zero-order valence-electron chi connectivity index (χ0n) is 11.7. The molecule has 1 N–H and O–H groups in total. The van der Waals surface area contributed by atoms with Crippen LogP contribution in [-0.2, 0) is 9.53 Å². The number of nitrogens with one attached hydrogen (secondary N) is 1. The maximum atomic E-state index is 12.9. The van der Waals surface area contributed by atoms with Crippen LogP contribution >= 0.6 is 0 Å². The lowest BCUT2D eigenvalue weighted by molar-refractivity contribution is -0.139. The largest absolute Gasteiger partial charge is 0.383 e. The molecular weight excluding hydrogens is 228 g/mol. The van der Waals surface area contributed by atoms with Gasteiger partial charge in [-0.1, -0.05) is 13.3 Å². The highest BCUT2D eigenvalue weighted by Crippen LogP contribution is 2.33. The quantitative estimate of drug-likeness (QED) is 0.749. The summed E-state index contributed by atoms with van der Waals surface area (Å²) in [6.45, 7) is 4.53. The highest BCUT2D eigenvalue weighted by Gasteiger charge is 2.45. The van der Waals surface area contributed by atoms with E-state index in [0.29, 0.717) is 18.6 Å². The summed E-state index contributed by atoms with van der Waals surface area (Å²) in [6.07, 6.45) is 6.46. The second-order valence-electron chi connectivity index (χ2n) is 5.58. The Hall–Kier alpha value is -0.610. The van der Waals surface area contributed by atoms with Gasteiger partial charge in [-0.15, -0.1) is 0 Å². The third-order valence-electron chi connectivity index (χ3n) is 4.11. The lowest BCUT2D eigenvalue weighted by Gasteiger charge is -2.34. The fourth-order valence-electron chi connectivity index (χ4n) is 3.04. The van der Waals surface area contributed by atoms with Crippen LogP contribution < -0.4 is 5.32 Å². The van der Waals surface area contributed by atoms with E-state index in [1.165, 1.54) is 0 Å². The van der Waals surface area contributed by atoms with E-state index in [0.717, 1.165) is 51.6 Å². The summed E-state index contributed by atoms with van der Waals surface area (Å²) in [5.74, 6) is 0.321. The van der Waals surface area contributed by atoms with E-state index in [9.17, 15) is 4.79 Å². The second-order valence-corrected chi connectivity index (χ2v) is 5.58. The SMILES string of the molecule is CCCC1(C(=O)N(CCOC)C2CC2)CCCN1. The number of methoxy groups -OCH3 is 1. The van der Waals surface area contributed by atoms with Gasteiger partial charge in [-0.05, 0) is 38.6 Å². The van der Waals surface area contributed by atoms with Crippen molar-refractivity contribution < 1.29 is 9.53 Å². The van der Waals surface area contributed by atoms with Crippen LogP contribution in [-0.4, -0.2) is 49.2 Å². The smallest absolute Gasteiger partial charge is 0.243 e. The minimum Gasteiger partial charge on any atom is -0.383 e. The first-order chi connectivity index (χ1) is 8.73. The molecule has 4 nitrogen and oxygen atoms in total. The van der Waals surface area contributed by atoms with Gasteiger partial charge in [-0.3, -0.25) is 4.79 Å². The third-order valence-corrected chi connectivity index (χ3v) is 4.11. The summed E-state index contributed by atoms with van der Waals surface area (Å²) < 4.78 is 5.14. The highest BCUT2D eigenvalue weighted by molar-refractivity contribution is 5.87. The zero-order chi connectivity index (χ0) is 13.0. The zero-order valence-corrected chi connectivity index (χ0v) is 11.7. The molecule has 0 aromatic carbocycles. The number of amides is 1. The number of hydrogen-bond acceptors (Lipinski definition) is 3. The van der Waals surface area contributed by atoms with E-state index in [1.54, 1.807) is 7.11 Å². The minimum atomic E-state index is -0.273. The molecule has 1 aliphatic carbocycles. The topological polar surface area (TPSA) is 41.6 Å². The lowest BCUT2D eigenvalue weighted by Crippen LogP contribution is -2.56. The van der Waals surface area contributed by atoms with E-state index in [-0.39, 0.29) is 5.54 Å². The number of rotatable bonds is 7. The summed E-state index contributed by atoms with van der Waals surface area (Å²) >= 11 is 0. The molecule has 1 unspecified atom stereocenters. The number of hydrogen-bond donors (Lipinski definition) is 1. The van der Waals surface area contributed by atoms with Crippen LogP contribution in [0, 0.1) is 0 Å². The Labute approximate surface area is 110 Å². The van der Waals surface area contributed by atoms with Crippen LogP contribution in [0.3, 0.4) is 0 Å². The van der Waals surface area contributed by atoms with E-state index < -0.39 is 0 Å². The summed E-state index contributed by atoms with van der Waals surface area (Å²) in [5, 5.41) is 3.48. The van der Waals surface area contributed by atoms with Crippen molar-refractivity contribution in [1.82, 2.24) is 10.2 Å². The van der Waals surface area contributed by atoms with E-state index in [4.69, 9.17) is 4.74 Å². The molecule has 1 saturated heterocycles. The molecule has 1 saturated carbocycles. The van der Waals surface area contributed by atoms with Gasteiger partial charge in [-0.25, -0.2) is 0 Å². The van der Waals surface area contributed by atoms with E-state index in [1.807, 2.05) is 0 Å². The Morgan fingerprint density at radius 2 is 2.28 bits per heavy atom. The number of carbonyl (C=O) groups is 1. The predicted octanol–water partition coefficient (Wildman–Crippen LogP) is 1.55. The monoisotopic (exact) mass is 254 g/mol. The van der Waals surface area contributed by atoms with Crippen LogP contribution in [0.25, 0.3) is 0 Å². The van der Waals surface area contributed by atoms with Gasteiger partial charge in [0, 0.05) is 19.7 Å². The lowest BCUT2D eigenvalue weighted by atomic mass is 9.90. The predicted molar refractivity (Wildman–Crippen MR) is 71.5 cm³/mol. The van der Waals surface area contributed by atoms with Crippen molar-refractivity contribution in [3.8, 4) is 0 Å². The molecule has 2 aliphatic rings. The molecule has 1 atom stereocenters. The molecule has 1 aliphatic heterocycles. The Morgan fingerprint density at radius 3 is 2.78 bits per heavy atom. The average molecular weight is 254 g/mol. The standard InChI is InChI=1S/C14H26N2O2/c1-3-7-14(8-4-9-15-14)13(17)16(10-11-18-2)12-5-6-12/h12,15H,3-11H2,1-2H3. The first-order valence-electron chi connectivity index (χ1n) is 7.28. The van der Waals surface area contributed by atoms with Gasteiger partial charge in [-0.2, -0.15) is 0 Å². The fraction of sp³-hybridized carbons (Fsp3) is 0.929. The Balaban J connectivity index is 2.04. The molecule has 18 heavy (non-hydrogen) atoms. The summed E-state index contributed by atoms with van der Waals surface area (Å²) in [6, 6.07) is 0.476. The number of carbonyl (C=O) groups excluding carboxylic acids is 1. The van der Waals surface area contributed by atoms with Crippen LogP contribution in [0.1, 0.15) is 45.4 Å². The first-order valence-corrected chi connectivity index (χ1v) is 7.28. The van der Waals surface area contributed by atoms with Crippen molar-refractivity contribution in [2.45, 2.75) is 57.0 Å². The molecule has 0 spiro atoms. The van der Waals surface area contributed by atoms with Crippen LogP contribution in [0.15, 0.2) is 0 Å². The minimum absolute atomic E-state index is 0.273. The number of ether oxygens (including phenoxy) is 1. The van der Waals surface area contributed by atoms with Gasteiger partial charge < -0.3 is 15.0 Å². The van der Waals surface area contributed by atoms with E-state index in [2.05, 4.69) is 17.1 Å². The van der Waals surface area contributed by atoms with Gasteiger partial charge in [0.2, 0.25) is 5.91 Å². The molecule has 2 fully saturated rings. The van der Waals surface area contributed by atoms with Gasteiger partial charge in [0.25, 0.3) is 0 Å². The van der Waals surface area contributed by atoms with Crippen molar-refractivity contribution in [2.75, 3.05) is 26.8 Å². The molecule has 1 heterocycles. The van der Waals surface area contributed by atoms with Crippen LogP contribution in [0.2, 0.25) is 0 Å². The van der Waals surface area contributed by atoms with Crippen molar-refractivity contribution >= 4 is 5.91 Å². The summed E-state index contributed by atoms with van der Waals surface area (Å²) in [4.78, 5) is 14.9. The normalized spacial score (nSPS) is 27.4. The molecule has 0 aromatic rings. The first kappa shape index (κ1) is 13.8. The molecule has 0 aromatic heterocycles. The maximum absolute atomic E-state index is 12.9. The second kappa shape index (κ2) is 6.02. The molecule has 104 valence electrons. The van der Waals surface area contributed by atoms with Crippen molar-refractivity contribution in [3.63, 3.8) is 0 Å². The van der Waals surface area contributed by atoms with Crippen LogP contribution in [0.4, 0.5) is 0 Å². The van der Waals surface area contributed by atoms with Crippen molar-refractivity contribution in [1.29, 1.82) is 0 Å². The molecule has 1 amide bonds. The highest BCUT2D eigenvalue weighted by atomic mass is 16.5. The summed E-state index contributed by atoms with van der Waals surface area (Å²) in [5.41, 5.74) is -0.273. The maximum Gasteiger partial charge on any atom is 0.243 e. The van der Waals surface area contributed by atoms with Crippen molar-refractivity contribution in [3.05, 3.63) is 0 Å². The summed E-state index contributed by atoms with van der Waals surface area (Å²) in [7, 11) is 1.70. The Morgan fingerprint density at radius 1 is 1.50 bits per heavy atom. The molecule has 0 radical (unpaired) electrons. The fourth-order valence-corrected chi connectivity index (χ4v) is 3.04. The third kappa shape index (κ3) is 2.86. The molecule has 0 bridgehead atoms. The van der Waals surface area contributed by atoms with Crippen molar-refractivity contribution in [2.24, 2.45) is 0 Å². The molecule has 4 heteroatoms. The van der Waals surface area contributed by atoms with Gasteiger partial charge >= 0.3 is 0 Å². The average Bonchev–Trinajstić information content (AvgIpc) is 3.09. The van der Waals surface area contributed by atoms with Crippen LogP contribution in [0.5, 0.6) is 0 Å². The van der Waals surface area contributed by atoms with Gasteiger partial charge in [0.05, 0.1) is 12.1 Å². The van der Waals surface area contributed by atoms with E-state index >= 15 is 0 Å². The molecule has 2 rings (SSSR count). The Bertz CT molecular complexity index is 284. The van der Waals surface area contributed by atoms with Gasteiger partial charge in [0.15, 0.2) is 0 Å². The Kier molecular flexibility index (Phi) is 4.62. The van der Waals surface area contributed by atoms with Gasteiger partial charge in [0.1, 0.15) is 0 Å². The number of nitrogens with zero attached hydrogens (tertiary/aromatic N) is 1.